The molecule has 4 aromatic rings. The topological polar surface area (TPSA) is 154 Å². The fourth-order valence-corrected chi connectivity index (χ4v) is 11.4. The summed E-state index contributed by atoms with van der Waals surface area (Å²) in [4.78, 5) is 72.4. The fraction of sp³-hybridized carbons (Fsp3) is 0.592. The molecule has 2 N–H and O–H groups in total. The first-order valence-corrected chi connectivity index (χ1v) is 24.1. The van der Waals surface area contributed by atoms with Gasteiger partial charge in [0, 0.05) is 97.2 Å². The van der Waals surface area contributed by atoms with E-state index in [0.717, 1.165) is 57.5 Å². The minimum absolute atomic E-state index is 0.117. The molecule has 8 rings (SSSR count). The number of rotatable bonds is 9. The number of carbonyl (C=O) groups excluding carboxylic acids is 4. The molecule has 65 heavy (non-hydrogen) atoms. The SMILES string of the molecule is CCn1c(-c2cccnc2[C@H](C)OC)c2c3cc(ccc31)-c1csc(n1)C[C@H](NC(=O)C(C(C)C)N(C)C(=O)N1CC3(CC(N(C)C)C3)C1)C(=O)N1CCC[C@H](N1)C(=O)OCC(C)(C)C2. The van der Waals surface area contributed by atoms with Gasteiger partial charge in [-0.05, 0) is 95.8 Å². The lowest BCUT2D eigenvalue weighted by Crippen LogP contribution is -2.69. The van der Waals surface area contributed by atoms with Crippen LogP contribution in [0.15, 0.2) is 41.9 Å². The molecule has 6 bridgehead atoms. The first-order valence-electron chi connectivity index (χ1n) is 23.2. The first-order chi connectivity index (χ1) is 30.9. The number of nitrogens with zero attached hydrogens (tertiary/aromatic N) is 7. The standard InChI is InChI=1S/C49H67N9O6S/c1-11-57-39-17-16-31-20-34(39)35(43(57)33-14-12-18-50-41(33)30(4)63-10)24-48(5,6)28-64-46(61)36-15-13-19-58(53-36)45(60)37(21-40-51-38(31)25-65-40)52-44(59)42(29(2)3)55(9)47(62)56-26-49(27-56)22-32(23-49)54(7)8/h12,14,16-18,20,25,29-30,32,36-37,42,53H,11,13,15,19,21-24,26-28H2,1-10H3,(H,52,59)/t30-,36-,37-,42?/m0/s1. The highest BCUT2D eigenvalue weighted by Gasteiger charge is 2.55. The molecule has 1 spiro atoms. The van der Waals surface area contributed by atoms with Gasteiger partial charge in [0.2, 0.25) is 5.91 Å². The number of esters is 1. The summed E-state index contributed by atoms with van der Waals surface area (Å²) < 4.78 is 14.3. The molecule has 15 nitrogen and oxygen atoms in total. The molecule has 16 heteroatoms. The molecule has 1 aliphatic carbocycles. The van der Waals surface area contributed by atoms with Crippen LogP contribution >= 0.6 is 11.3 Å². The van der Waals surface area contributed by atoms with Crippen molar-refractivity contribution >= 4 is 46.1 Å². The summed E-state index contributed by atoms with van der Waals surface area (Å²) in [6.45, 7) is 14.8. The number of likely N-dealkylation sites (tertiary alicyclic amines) is 1. The summed E-state index contributed by atoms with van der Waals surface area (Å²) in [5, 5.41) is 8.26. The van der Waals surface area contributed by atoms with E-state index in [1.165, 1.54) is 21.2 Å². The molecular formula is C49H67N9O6S. The van der Waals surface area contributed by atoms with Crippen LogP contribution in [0.2, 0.25) is 0 Å². The number of likely N-dealkylation sites (N-methyl/N-ethyl adjacent to an activating group) is 1. The lowest BCUT2D eigenvalue weighted by molar-refractivity contribution is -0.155. The third-order valence-corrected chi connectivity index (χ3v) is 15.0. The fourth-order valence-electron chi connectivity index (χ4n) is 10.6. The summed E-state index contributed by atoms with van der Waals surface area (Å²) in [6.07, 6.45) is 5.45. The minimum atomic E-state index is -1.03. The van der Waals surface area contributed by atoms with E-state index in [9.17, 15) is 19.2 Å². The highest BCUT2D eigenvalue weighted by molar-refractivity contribution is 7.10. The second-order valence-electron chi connectivity index (χ2n) is 20.2. The molecule has 0 radical (unpaired) electrons. The zero-order valence-electron chi connectivity index (χ0n) is 39.8. The van der Waals surface area contributed by atoms with E-state index >= 15 is 0 Å². The Kier molecular flexibility index (Phi) is 13.2. The third-order valence-electron chi connectivity index (χ3n) is 14.2. The Hall–Kier alpha value is -4.90. The minimum Gasteiger partial charge on any atom is -0.464 e. The monoisotopic (exact) mass is 909 g/mol. The number of aromatic nitrogens is 3. The number of urea groups is 1. The van der Waals surface area contributed by atoms with Crippen molar-refractivity contribution in [2.75, 3.05) is 54.5 Å². The summed E-state index contributed by atoms with van der Waals surface area (Å²) >= 11 is 1.44. The number of hydrogen-bond donors (Lipinski definition) is 2. The van der Waals surface area contributed by atoms with Crippen LogP contribution in [0.4, 0.5) is 4.79 Å². The highest BCUT2D eigenvalue weighted by Crippen LogP contribution is 2.50. The Morgan fingerprint density at radius 3 is 2.55 bits per heavy atom. The van der Waals surface area contributed by atoms with Gasteiger partial charge in [0.05, 0.1) is 34.8 Å². The van der Waals surface area contributed by atoms with Gasteiger partial charge in [-0.2, -0.15) is 0 Å². The van der Waals surface area contributed by atoms with Crippen LogP contribution in [0.25, 0.3) is 33.4 Å². The molecular weight excluding hydrogens is 843 g/mol. The quantitative estimate of drug-likeness (QED) is 0.183. The molecule has 3 aliphatic heterocycles. The van der Waals surface area contributed by atoms with Crippen LogP contribution in [-0.2, 0) is 43.2 Å². The van der Waals surface area contributed by atoms with Gasteiger partial charge in [-0.1, -0.05) is 33.8 Å². The molecule has 4 aliphatic rings. The molecule has 350 valence electrons. The number of methoxy groups -OCH3 is 1. The predicted octanol–water partition coefficient (Wildman–Crippen LogP) is 6.30. The average Bonchev–Trinajstić information content (AvgIpc) is 3.84. The van der Waals surface area contributed by atoms with Gasteiger partial charge in [0.1, 0.15) is 18.1 Å². The maximum absolute atomic E-state index is 14.6. The zero-order valence-corrected chi connectivity index (χ0v) is 40.6. The van der Waals surface area contributed by atoms with E-state index in [4.69, 9.17) is 19.4 Å². The molecule has 3 aromatic heterocycles. The number of aryl methyl sites for hydroxylation is 1. The number of nitrogens with one attached hydrogen (secondary N) is 2. The maximum Gasteiger partial charge on any atom is 0.324 e. The molecule has 1 unspecified atom stereocenters. The number of pyridine rings is 1. The molecule has 4 atom stereocenters. The highest BCUT2D eigenvalue weighted by atomic mass is 32.1. The van der Waals surface area contributed by atoms with Gasteiger partial charge < -0.3 is 34.1 Å². The van der Waals surface area contributed by atoms with Gasteiger partial charge in [-0.3, -0.25) is 24.4 Å². The van der Waals surface area contributed by atoms with Gasteiger partial charge >= 0.3 is 12.0 Å². The average molecular weight is 910 g/mol. The number of hydrazine groups is 1. The molecule has 3 fully saturated rings. The largest absolute Gasteiger partial charge is 0.464 e. The second-order valence-corrected chi connectivity index (χ2v) is 21.2. The third kappa shape index (κ3) is 9.15. The van der Waals surface area contributed by atoms with E-state index in [-0.39, 0.29) is 42.4 Å². The Labute approximate surface area is 387 Å². The van der Waals surface area contributed by atoms with Crippen molar-refractivity contribution in [2.24, 2.45) is 16.7 Å². The van der Waals surface area contributed by atoms with Crippen LogP contribution < -0.4 is 10.7 Å². The van der Waals surface area contributed by atoms with E-state index in [1.807, 2.05) is 37.1 Å². The van der Waals surface area contributed by atoms with Crippen LogP contribution in [0.3, 0.4) is 0 Å². The number of benzene rings is 1. The van der Waals surface area contributed by atoms with Crippen LogP contribution in [0, 0.1) is 16.7 Å². The van der Waals surface area contributed by atoms with Crippen molar-refractivity contribution in [3.05, 3.63) is 58.2 Å². The van der Waals surface area contributed by atoms with Crippen molar-refractivity contribution in [2.45, 2.75) is 117 Å². The number of amides is 4. The molecule has 6 heterocycles. The summed E-state index contributed by atoms with van der Waals surface area (Å²) in [5.74, 6) is -1.47. The van der Waals surface area contributed by atoms with E-state index in [2.05, 4.69) is 79.3 Å². The van der Waals surface area contributed by atoms with Crippen LogP contribution in [0.1, 0.15) is 89.6 Å². The van der Waals surface area contributed by atoms with Crippen LogP contribution in [0.5, 0.6) is 0 Å². The predicted molar refractivity (Wildman–Crippen MR) is 252 cm³/mol. The van der Waals surface area contributed by atoms with Crippen molar-refractivity contribution in [3.63, 3.8) is 0 Å². The number of hydrogen-bond acceptors (Lipinski definition) is 11. The summed E-state index contributed by atoms with van der Waals surface area (Å²) in [6, 6.07) is 8.21. The molecule has 4 amide bonds. The van der Waals surface area contributed by atoms with Gasteiger partial charge in [-0.15, -0.1) is 11.3 Å². The first kappa shape index (κ1) is 46.6. The Bertz CT molecular complexity index is 2430. The number of fused-ring (bicyclic) bond motifs is 6. The lowest BCUT2D eigenvalue weighted by atomic mass is 9.60. The summed E-state index contributed by atoms with van der Waals surface area (Å²) in [5.41, 5.74) is 9.59. The second kappa shape index (κ2) is 18.4. The molecule has 1 saturated carbocycles. The maximum atomic E-state index is 14.6. The smallest absolute Gasteiger partial charge is 0.324 e. The number of thiazole rings is 1. The Balaban J connectivity index is 1.13. The van der Waals surface area contributed by atoms with Crippen molar-refractivity contribution in [1.82, 2.24) is 45.0 Å². The van der Waals surface area contributed by atoms with Crippen molar-refractivity contribution in [1.29, 1.82) is 0 Å². The summed E-state index contributed by atoms with van der Waals surface area (Å²) in [7, 11) is 7.56. The molecule has 1 aromatic carbocycles. The normalized spacial score (nSPS) is 22.0. The van der Waals surface area contributed by atoms with E-state index in [1.54, 1.807) is 20.4 Å². The van der Waals surface area contributed by atoms with Gasteiger partial charge in [0.15, 0.2) is 0 Å². The Morgan fingerprint density at radius 1 is 1.11 bits per heavy atom. The van der Waals surface area contributed by atoms with Crippen molar-refractivity contribution < 1.29 is 28.7 Å². The number of cyclic esters (lactones) is 1. The van der Waals surface area contributed by atoms with Gasteiger partial charge in [0.25, 0.3) is 5.91 Å². The lowest BCUT2D eigenvalue weighted by Gasteiger charge is -2.60. The van der Waals surface area contributed by atoms with E-state index in [0.29, 0.717) is 56.5 Å². The van der Waals surface area contributed by atoms with Crippen LogP contribution in [-0.4, -0.2) is 137 Å². The molecule has 2 saturated heterocycles. The van der Waals surface area contributed by atoms with E-state index < -0.39 is 35.4 Å². The van der Waals surface area contributed by atoms with Crippen molar-refractivity contribution in [3.8, 4) is 22.5 Å². The zero-order chi connectivity index (χ0) is 46.5. The number of ether oxygens (including phenoxy) is 2. The van der Waals surface area contributed by atoms with Gasteiger partial charge in [-0.25, -0.2) is 15.2 Å². The number of carbonyl (C=O) groups is 4. The Morgan fingerprint density at radius 2 is 1.86 bits per heavy atom.